The average molecular weight is 295 g/mol. The summed E-state index contributed by atoms with van der Waals surface area (Å²) in [4.78, 5) is 8.79. The number of para-hydroxylation sites is 2. The van der Waals surface area contributed by atoms with Crippen molar-refractivity contribution in [2.45, 2.75) is 6.10 Å². The van der Waals surface area contributed by atoms with E-state index in [1.165, 1.54) is 0 Å². The second kappa shape index (κ2) is 6.41. The van der Waals surface area contributed by atoms with E-state index in [-0.39, 0.29) is 0 Å². The van der Waals surface area contributed by atoms with Gasteiger partial charge < -0.3 is 15.2 Å². The van der Waals surface area contributed by atoms with Gasteiger partial charge in [-0.1, -0.05) is 24.3 Å². The fourth-order valence-electron chi connectivity index (χ4n) is 2.19. The Labute approximate surface area is 128 Å². The summed E-state index contributed by atoms with van der Waals surface area (Å²) >= 11 is 0. The number of rotatable bonds is 5. The van der Waals surface area contributed by atoms with E-state index in [1.807, 2.05) is 48.5 Å². The number of nitrogens with zero attached hydrogens (tertiary/aromatic N) is 2. The second-order valence-corrected chi connectivity index (χ2v) is 4.91. The van der Waals surface area contributed by atoms with E-state index in [1.54, 1.807) is 13.3 Å². The molecule has 0 fully saturated rings. The third-order valence-electron chi connectivity index (χ3n) is 3.43. The van der Waals surface area contributed by atoms with E-state index in [2.05, 4.69) is 15.3 Å². The van der Waals surface area contributed by atoms with Gasteiger partial charge in [0.15, 0.2) is 0 Å². The summed E-state index contributed by atoms with van der Waals surface area (Å²) in [6.45, 7) is 0.360. The molecule has 0 spiro atoms. The second-order valence-electron chi connectivity index (χ2n) is 4.91. The SMILES string of the molecule is COc1ccc(C(O)CNc2cnc3ccccc3n2)cc1. The third kappa shape index (κ3) is 3.15. The van der Waals surface area contributed by atoms with Crippen molar-refractivity contribution < 1.29 is 9.84 Å². The normalized spacial score (nSPS) is 12.1. The minimum Gasteiger partial charge on any atom is -0.497 e. The van der Waals surface area contributed by atoms with Gasteiger partial charge in [-0.2, -0.15) is 0 Å². The van der Waals surface area contributed by atoms with Gasteiger partial charge in [-0.05, 0) is 29.8 Å². The molecule has 3 rings (SSSR count). The van der Waals surface area contributed by atoms with Crippen LogP contribution in [0.1, 0.15) is 11.7 Å². The van der Waals surface area contributed by atoms with Crippen molar-refractivity contribution >= 4 is 16.9 Å². The number of methoxy groups -OCH3 is 1. The number of ether oxygens (including phenoxy) is 1. The van der Waals surface area contributed by atoms with Crippen LogP contribution in [-0.2, 0) is 0 Å². The third-order valence-corrected chi connectivity index (χ3v) is 3.43. The van der Waals surface area contributed by atoms with Crippen LogP contribution in [0.4, 0.5) is 5.82 Å². The molecule has 5 nitrogen and oxygen atoms in total. The van der Waals surface area contributed by atoms with Crippen molar-refractivity contribution in [3.8, 4) is 5.75 Å². The summed E-state index contributed by atoms with van der Waals surface area (Å²) in [5, 5.41) is 13.3. The molecule has 2 N–H and O–H groups in total. The largest absolute Gasteiger partial charge is 0.497 e. The molecule has 0 bridgehead atoms. The Morgan fingerprint density at radius 3 is 2.55 bits per heavy atom. The maximum atomic E-state index is 10.2. The standard InChI is InChI=1S/C17H17N3O2/c1-22-13-8-6-12(7-9-13)16(21)10-19-17-11-18-14-4-2-3-5-15(14)20-17/h2-9,11,16,21H,10H2,1H3,(H,19,20). The van der Waals surface area contributed by atoms with Gasteiger partial charge in [0.1, 0.15) is 11.6 Å². The number of benzene rings is 2. The van der Waals surface area contributed by atoms with Crippen molar-refractivity contribution in [2.75, 3.05) is 19.0 Å². The lowest BCUT2D eigenvalue weighted by atomic mass is 10.1. The lowest BCUT2D eigenvalue weighted by Crippen LogP contribution is -2.13. The van der Waals surface area contributed by atoms with Crippen molar-refractivity contribution in [3.63, 3.8) is 0 Å². The fourth-order valence-corrected chi connectivity index (χ4v) is 2.19. The molecule has 3 aromatic rings. The predicted molar refractivity (Wildman–Crippen MR) is 86.0 cm³/mol. The van der Waals surface area contributed by atoms with Gasteiger partial charge in [-0.15, -0.1) is 0 Å². The van der Waals surface area contributed by atoms with E-state index in [0.29, 0.717) is 12.4 Å². The van der Waals surface area contributed by atoms with Crippen LogP contribution in [-0.4, -0.2) is 28.7 Å². The monoisotopic (exact) mass is 295 g/mol. The molecule has 1 unspecified atom stereocenters. The first kappa shape index (κ1) is 14.3. The zero-order chi connectivity index (χ0) is 15.4. The highest BCUT2D eigenvalue weighted by Crippen LogP contribution is 2.18. The predicted octanol–water partition coefficient (Wildman–Crippen LogP) is 2.78. The molecule has 0 aliphatic heterocycles. The minimum atomic E-state index is -0.626. The molecule has 5 heteroatoms. The highest BCUT2D eigenvalue weighted by Gasteiger charge is 2.08. The van der Waals surface area contributed by atoms with Gasteiger partial charge >= 0.3 is 0 Å². The summed E-state index contributed by atoms with van der Waals surface area (Å²) in [7, 11) is 1.62. The van der Waals surface area contributed by atoms with Crippen LogP contribution in [0.15, 0.2) is 54.7 Å². The summed E-state index contributed by atoms with van der Waals surface area (Å²) in [5.74, 6) is 1.41. The number of hydrogen-bond donors (Lipinski definition) is 2. The molecular formula is C17H17N3O2. The number of aliphatic hydroxyl groups is 1. The molecule has 22 heavy (non-hydrogen) atoms. The molecule has 112 valence electrons. The van der Waals surface area contributed by atoms with E-state index in [0.717, 1.165) is 22.3 Å². The lowest BCUT2D eigenvalue weighted by molar-refractivity contribution is 0.191. The number of fused-ring (bicyclic) bond motifs is 1. The first-order valence-electron chi connectivity index (χ1n) is 7.04. The van der Waals surface area contributed by atoms with E-state index < -0.39 is 6.10 Å². The van der Waals surface area contributed by atoms with Crippen molar-refractivity contribution in [1.82, 2.24) is 9.97 Å². The summed E-state index contributed by atoms with van der Waals surface area (Å²) in [6, 6.07) is 15.0. The molecule has 0 amide bonds. The van der Waals surface area contributed by atoms with E-state index in [9.17, 15) is 5.11 Å². The molecule has 0 saturated heterocycles. The smallest absolute Gasteiger partial charge is 0.145 e. The van der Waals surface area contributed by atoms with Gasteiger partial charge in [0.05, 0.1) is 30.4 Å². The Morgan fingerprint density at radius 1 is 1.09 bits per heavy atom. The minimum absolute atomic E-state index is 0.360. The van der Waals surface area contributed by atoms with Crippen LogP contribution < -0.4 is 10.1 Å². The summed E-state index contributed by atoms with van der Waals surface area (Å²) in [5.41, 5.74) is 2.50. The van der Waals surface area contributed by atoms with Crippen LogP contribution in [0.3, 0.4) is 0 Å². The van der Waals surface area contributed by atoms with Gasteiger partial charge in [0, 0.05) is 6.54 Å². The van der Waals surface area contributed by atoms with Crippen LogP contribution in [0.2, 0.25) is 0 Å². The van der Waals surface area contributed by atoms with Crippen molar-refractivity contribution in [3.05, 3.63) is 60.3 Å². The first-order chi connectivity index (χ1) is 10.8. The summed E-state index contributed by atoms with van der Waals surface area (Å²) in [6.07, 6.45) is 1.04. The molecule has 1 atom stereocenters. The molecule has 0 saturated carbocycles. The Hall–Kier alpha value is -2.66. The quantitative estimate of drug-likeness (QED) is 0.757. The number of hydrogen-bond acceptors (Lipinski definition) is 5. The molecule has 1 heterocycles. The number of aliphatic hydroxyl groups excluding tert-OH is 1. The molecule has 0 aliphatic carbocycles. The number of nitrogens with one attached hydrogen (secondary N) is 1. The molecular weight excluding hydrogens is 278 g/mol. The summed E-state index contributed by atoms with van der Waals surface area (Å²) < 4.78 is 5.10. The van der Waals surface area contributed by atoms with Gasteiger partial charge in [-0.3, -0.25) is 4.98 Å². The molecule has 0 radical (unpaired) electrons. The lowest BCUT2D eigenvalue weighted by Gasteiger charge is -2.13. The zero-order valence-electron chi connectivity index (χ0n) is 12.2. The maximum Gasteiger partial charge on any atom is 0.145 e. The van der Waals surface area contributed by atoms with Crippen molar-refractivity contribution in [1.29, 1.82) is 0 Å². The highest BCUT2D eigenvalue weighted by molar-refractivity contribution is 5.75. The Kier molecular flexibility index (Phi) is 4.16. The van der Waals surface area contributed by atoms with Gasteiger partial charge in [-0.25, -0.2) is 4.98 Å². The number of anilines is 1. The van der Waals surface area contributed by atoms with Crippen LogP contribution in [0.5, 0.6) is 5.75 Å². The van der Waals surface area contributed by atoms with Gasteiger partial charge in [0.2, 0.25) is 0 Å². The van der Waals surface area contributed by atoms with E-state index in [4.69, 9.17) is 4.74 Å². The fraction of sp³-hybridized carbons (Fsp3) is 0.176. The number of aromatic nitrogens is 2. The van der Waals surface area contributed by atoms with Crippen LogP contribution in [0.25, 0.3) is 11.0 Å². The van der Waals surface area contributed by atoms with Crippen molar-refractivity contribution in [2.24, 2.45) is 0 Å². The topological polar surface area (TPSA) is 67.3 Å². The zero-order valence-corrected chi connectivity index (χ0v) is 12.2. The molecule has 0 aliphatic rings. The Balaban J connectivity index is 1.67. The molecule has 2 aromatic carbocycles. The average Bonchev–Trinajstić information content (AvgIpc) is 2.59. The Bertz CT molecular complexity index is 759. The first-order valence-corrected chi connectivity index (χ1v) is 7.04. The van der Waals surface area contributed by atoms with E-state index >= 15 is 0 Å². The Morgan fingerprint density at radius 2 is 1.82 bits per heavy atom. The van der Waals surface area contributed by atoms with Crippen LogP contribution >= 0.6 is 0 Å². The van der Waals surface area contributed by atoms with Gasteiger partial charge in [0.25, 0.3) is 0 Å². The molecule has 1 aromatic heterocycles. The maximum absolute atomic E-state index is 10.2. The highest BCUT2D eigenvalue weighted by atomic mass is 16.5. The van der Waals surface area contributed by atoms with Crippen LogP contribution in [0, 0.1) is 0 Å².